The van der Waals surface area contributed by atoms with Gasteiger partial charge in [0.1, 0.15) is 17.4 Å². The molecule has 1 unspecified atom stereocenters. The van der Waals surface area contributed by atoms with Crippen molar-refractivity contribution in [2.24, 2.45) is 0 Å². The van der Waals surface area contributed by atoms with Crippen LogP contribution in [0.2, 0.25) is 0 Å². The van der Waals surface area contributed by atoms with Crippen LogP contribution in [-0.2, 0) is 0 Å². The fourth-order valence-electron chi connectivity index (χ4n) is 2.21. The Morgan fingerprint density at radius 2 is 1.90 bits per heavy atom. The minimum Gasteiger partial charge on any atom is -0.457 e. The number of hydrogen-bond acceptors (Lipinski definition) is 2. The van der Waals surface area contributed by atoms with E-state index < -0.39 is 17.7 Å². The normalized spacial score (nSPS) is 12.8. The lowest BCUT2D eigenvalue weighted by molar-refractivity contribution is 0.186. The summed E-state index contributed by atoms with van der Waals surface area (Å²) in [6, 6.07) is 9.84. The number of benzene rings is 2. The molecule has 1 atom stereocenters. The van der Waals surface area contributed by atoms with Crippen LogP contribution in [0.15, 0.2) is 45.3 Å². The van der Waals surface area contributed by atoms with E-state index in [0.717, 1.165) is 9.86 Å². The highest BCUT2D eigenvalue weighted by Crippen LogP contribution is 2.33. The van der Waals surface area contributed by atoms with Gasteiger partial charge in [0.2, 0.25) is 0 Å². The van der Waals surface area contributed by atoms with Crippen LogP contribution in [0, 0.1) is 18.6 Å². The molecule has 108 valence electrons. The van der Waals surface area contributed by atoms with Gasteiger partial charge in [-0.3, -0.25) is 0 Å². The predicted octanol–water partition coefficient (Wildman–Crippen LogP) is 4.86. The Bertz CT molecular complexity index is 827. The van der Waals surface area contributed by atoms with Crippen LogP contribution >= 0.6 is 15.9 Å². The molecule has 2 aromatic carbocycles. The van der Waals surface area contributed by atoms with Crippen molar-refractivity contribution >= 4 is 26.9 Å². The zero-order chi connectivity index (χ0) is 15.1. The standard InChI is InChI=1S/C16H11BrF2O2/c1-8-5-6-10(14(19)13(8)18)15(20)12-7-9-3-2-4-11(17)16(9)21-12/h2-7,15,20H,1H3. The number of aryl methyl sites for hydroxylation is 1. The maximum Gasteiger partial charge on any atom is 0.165 e. The third-order valence-corrected chi connectivity index (χ3v) is 4.01. The molecule has 5 heteroatoms. The summed E-state index contributed by atoms with van der Waals surface area (Å²) < 4.78 is 33.8. The Kier molecular flexibility index (Phi) is 3.55. The van der Waals surface area contributed by atoms with E-state index in [9.17, 15) is 13.9 Å². The van der Waals surface area contributed by atoms with Crippen LogP contribution in [0.4, 0.5) is 8.78 Å². The lowest BCUT2D eigenvalue weighted by atomic mass is 10.0. The highest BCUT2D eigenvalue weighted by atomic mass is 79.9. The second-order valence-electron chi connectivity index (χ2n) is 4.81. The molecule has 0 aliphatic carbocycles. The lowest BCUT2D eigenvalue weighted by Crippen LogP contribution is -2.04. The SMILES string of the molecule is Cc1ccc(C(O)c2cc3cccc(Br)c3o2)c(F)c1F. The van der Waals surface area contributed by atoms with Gasteiger partial charge in [0.25, 0.3) is 0 Å². The van der Waals surface area contributed by atoms with E-state index in [1.165, 1.54) is 19.1 Å². The summed E-state index contributed by atoms with van der Waals surface area (Å²) in [7, 11) is 0. The Labute approximate surface area is 128 Å². The monoisotopic (exact) mass is 352 g/mol. The molecule has 0 saturated heterocycles. The summed E-state index contributed by atoms with van der Waals surface area (Å²) in [6.07, 6.45) is -1.36. The molecule has 2 nitrogen and oxygen atoms in total. The number of rotatable bonds is 2. The first-order valence-electron chi connectivity index (χ1n) is 6.29. The first-order valence-corrected chi connectivity index (χ1v) is 7.09. The molecule has 0 aliphatic heterocycles. The van der Waals surface area contributed by atoms with E-state index in [-0.39, 0.29) is 16.9 Å². The molecule has 0 amide bonds. The lowest BCUT2D eigenvalue weighted by Gasteiger charge is -2.10. The van der Waals surface area contributed by atoms with Gasteiger partial charge in [-0.2, -0.15) is 0 Å². The third kappa shape index (κ3) is 2.36. The molecule has 0 saturated carbocycles. The molecule has 1 N–H and O–H groups in total. The Balaban J connectivity index is 2.10. The second-order valence-corrected chi connectivity index (χ2v) is 5.66. The molecule has 0 aliphatic rings. The smallest absolute Gasteiger partial charge is 0.165 e. The summed E-state index contributed by atoms with van der Waals surface area (Å²) in [5, 5.41) is 11.0. The zero-order valence-corrected chi connectivity index (χ0v) is 12.6. The van der Waals surface area contributed by atoms with Gasteiger partial charge in [0, 0.05) is 10.9 Å². The van der Waals surface area contributed by atoms with Gasteiger partial charge in [-0.05, 0) is 40.5 Å². The summed E-state index contributed by atoms with van der Waals surface area (Å²) in [5.74, 6) is -1.84. The average molecular weight is 353 g/mol. The first-order chi connectivity index (χ1) is 9.99. The molecule has 1 heterocycles. The van der Waals surface area contributed by atoms with Crippen molar-refractivity contribution in [3.63, 3.8) is 0 Å². The van der Waals surface area contributed by atoms with Crippen molar-refractivity contribution in [1.29, 1.82) is 0 Å². The first kappa shape index (κ1) is 14.2. The largest absolute Gasteiger partial charge is 0.457 e. The maximum absolute atomic E-state index is 13.9. The third-order valence-electron chi connectivity index (χ3n) is 3.38. The topological polar surface area (TPSA) is 33.4 Å². The van der Waals surface area contributed by atoms with E-state index in [4.69, 9.17) is 4.42 Å². The predicted molar refractivity (Wildman–Crippen MR) is 79.1 cm³/mol. The molecule has 21 heavy (non-hydrogen) atoms. The van der Waals surface area contributed by atoms with E-state index in [1.807, 2.05) is 12.1 Å². The van der Waals surface area contributed by atoms with E-state index in [1.54, 1.807) is 12.1 Å². The van der Waals surface area contributed by atoms with Gasteiger partial charge >= 0.3 is 0 Å². The molecular formula is C16H11BrF2O2. The number of furan rings is 1. The Hall–Kier alpha value is -1.72. The number of aliphatic hydroxyl groups excluding tert-OH is 1. The summed E-state index contributed by atoms with van der Waals surface area (Å²) in [4.78, 5) is 0. The molecule has 3 rings (SSSR count). The van der Waals surface area contributed by atoms with Gasteiger partial charge in [0.15, 0.2) is 11.6 Å². The molecule has 0 bridgehead atoms. The maximum atomic E-state index is 13.9. The van der Waals surface area contributed by atoms with Crippen LogP contribution < -0.4 is 0 Å². The van der Waals surface area contributed by atoms with E-state index in [0.29, 0.717) is 5.58 Å². The van der Waals surface area contributed by atoms with Gasteiger partial charge in [0.05, 0.1) is 4.47 Å². The summed E-state index contributed by atoms with van der Waals surface area (Å²) in [6.45, 7) is 1.47. The van der Waals surface area contributed by atoms with Crippen molar-refractivity contribution in [3.05, 3.63) is 69.4 Å². The van der Waals surface area contributed by atoms with Crippen molar-refractivity contribution in [2.75, 3.05) is 0 Å². The number of fused-ring (bicyclic) bond motifs is 1. The summed E-state index contributed by atoms with van der Waals surface area (Å²) >= 11 is 3.34. The second kappa shape index (κ2) is 5.24. The number of aliphatic hydroxyl groups is 1. The fraction of sp³-hybridized carbons (Fsp3) is 0.125. The zero-order valence-electron chi connectivity index (χ0n) is 11.0. The van der Waals surface area contributed by atoms with Gasteiger partial charge in [-0.15, -0.1) is 0 Å². The Morgan fingerprint density at radius 1 is 1.14 bits per heavy atom. The average Bonchev–Trinajstić information content (AvgIpc) is 2.90. The summed E-state index contributed by atoms with van der Waals surface area (Å²) in [5.41, 5.74) is 0.601. The van der Waals surface area contributed by atoms with Gasteiger partial charge in [-0.1, -0.05) is 24.3 Å². The number of halogens is 3. The Morgan fingerprint density at radius 3 is 2.62 bits per heavy atom. The van der Waals surface area contributed by atoms with Crippen LogP contribution in [0.25, 0.3) is 11.0 Å². The minimum absolute atomic E-state index is 0.145. The minimum atomic E-state index is -1.36. The van der Waals surface area contributed by atoms with E-state index in [2.05, 4.69) is 15.9 Å². The van der Waals surface area contributed by atoms with E-state index >= 15 is 0 Å². The number of hydrogen-bond donors (Lipinski definition) is 1. The number of para-hydroxylation sites is 1. The van der Waals surface area contributed by atoms with Crippen LogP contribution in [0.1, 0.15) is 23.0 Å². The molecule has 0 fully saturated rings. The quantitative estimate of drug-likeness (QED) is 0.714. The van der Waals surface area contributed by atoms with Crippen molar-refractivity contribution in [2.45, 2.75) is 13.0 Å². The van der Waals surface area contributed by atoms with Crippen LogP contribution in [-0.4, -0.2) is 5.11 Å². The molecule has 3 aromatic rings. The van der Waals surface area contributed by atoms with Gasteiger partial charge in [-0.25, -0.2) is 8.78 Å². The molecule has 0 spiro atoms. The van der Waals surface area contributed by atoms with Crippen molar-refractivity contribution in [1.82, 2.24) is 0 Å². The van der Waals surface area contributed by atoms with Crippen molar-refractivity contribution < 1.29 is 18.3 Å². The molecule has 1 aromatic heterocycles. The van der Waals surface area contributed by atoms with Crippen LogP contribution in [0.3, 0.4) is 0 Å². The molecular weight excluding hydrogens is 342 g/mol. The highest BCUT2D eigenvalue weighted by molar-refractivity contribution is 9.10. The highest BCUT2D eigenvalue weighted by Gasteiger charge is 2.22. The molecule has 0 radical (unpaired) electrons. The van der Waals surface area contributed by atoms with Crippen LogP contribution in [0.5, 0.6) is 0 Å². The fourth-order valence-corrected chi connectivity index (χ4v) is 2.67. The van der Waals surface area contributed by atoms with Crippen molar-refractivity contribution in [3.8, 4) is 0 Å². The van der Waals surface area contributed by atoms with Gasteiger partial charge < -0.3 is 9.52 Å².